The van der Waals surface area contributed by atoms with Crippen molar-refractivity contribution >= 4 is 32.9 Å². The molecule has 168 valence electrons. The summed E-state index contributed by atoms with van der Waals surface area (Å²) in [5.74, 6) is -0.492. The number of sulfone groups is 1. The number of hydrogen-bond acceptors (Lipinski definition) is 4. The van der Waals surface area contributed by atoms with E-state index in [1.54, 1.807) is 24.3 Å². The molecule has 2 heterocycles. The lowest BCUT2D eigenvalue weighted by atomic mass is 9.91. The van der Waals surface area contributed by atoms with Gasteiger partial charge in [-0.2, -0.15) is 13.2 Å². The molecule has 2 aliphatic rings. The zero-order valence-electron chi connectivity index (χ0n) is 16.9. The second kappa shape index (κ2) is 7.74. The Morgan fingerprint density at radius 1 is 1.19 bits per heavy atom. The topological polar surface area (TPSA) is 67.3 Å². The van der Waals surface area contributed by atoms with Crippen molar-refractivity contribution < 1.29 is 26.4 Å². The zero-order valence-corrected chi connectivity index (χ0v) is 18.4. The van der Waals surface area contributed by atoms with Crippen LogP contribution in [0.5, 0.6) is 0 Å². The van der Waals surface area contributed by atoms with E-state index in [0.29, 0.717) is 22.4 Å². The summed E-state index contributed by atoms with van der Waals surface area (Å²) in [7, 11) is -3.76. The highest BCUT2D eigenvalue weighted by molar-refractivity contribution is 7.93. The molecule has 1 aliphatic carbocycles. The Labute approximate surface area is 188 Å². The minimum atomic E-state index is -4.54. The Hall–Kier alpha value is -2.65. The van der Waals surface area contributed by atoms with E-state index >= 15 is 0 Å². The molecular formula is C22H18ClF3N2O3S. The minimum absolute atomic E-state index is 0.0236. The third kappa shape index (κ3) is 4.06. The van der Waals surface area contributed by atoms with Crippen LogP contribution in [0.25, 0.3) is 5.57 Å². The number of halogens is 4. The van der Waals surface area contributed by atoms with Gasteiger partial charge >= 0.3 is 6.18 Å². The summed E-state index contributed by atoms with van der Waals surface area (Å²) in [4.78, 5) is 18.7. The number of amides is 1. The summed E-state index contributed by atoms with van der Waals surface area (Å²) in [6.07, 6.45) is -0.180. The SMILES string of the molecule is CS(=O)(=O)C1(Cl)C=CC(c2ccccc2)=C(C(=O)N2Cc3cc(C(F)(F)F)cnc3C2)C1. The molecule has 1 atom stereocenters. The van der Waals surface area contributed by atoms with Crippen molar-refractivity contribution in [2.24, 2.45) is 0 Å². The molecule has 0 spiro atoms. The maximum absolute atomic E-state index is 13.5. The van der Waals surface area contributed by atoms with E-state index < -0.39 is 31.7 Å². The van der Waals surface area contributed by atoms with Crippen molar-refractivity contribution in [2.75, 3.05) is 6.26 Å². The Morgan fingerprint density at radius 2 is 1.88 bits per heavy atom. The number of carbonyl (C=O) groups is 1. The predicted molar refractivity (Wildman–Crippen MR) is 114 cm³/mol. The van der Waals surface area contributed by atoms with Crippen LogP contribution >= 0.6 is 11.6 Å². The Balaban J connectivity index is 1.72. The first kappa shape index (κ1) is 22.5. The number of nitrogens with zero attached hydrogens (tertiary/aromatic N) is 2. The normalized spacial score (nSPS) is 21.1. The summed E-state index contributed by atoms with van der Waals surface area (Å²) in [6, 6.07) is 9.93. The van der Waals surface area contributed by atoms with Gasteiger partial charge in [0.05, 0.1) is 17.8 Å². The molecule has 2 aromatic rings. The van der Waals surface area contributed by atoms with Crippen molar-refractivity contribution in [2.45, 2.75) is 29.9 Å². The molecule has 0 N–H and O–H groups in total. The lowest BCUT2D eigenvalue weighted by molar-refractivity contribution is -0.137. The number of alkyl halides is 4. The second-order valence-corrected chi connectivity index (χ2v) is 11.0. The van der Waals surface area contributed by atoms with Crippen molar-refractivity contribution in [3.05, 3.63) is 82.7 Å². The summed E-state index contributed by atoms with van der Waals surface area (Å²) >= 11 is 6.39. The zero-order chi connectivity index (χ0) is 23.3. The van der Waals surface area contributed by atoms with Gasteiger partial charge in [-0.3, -0.25) is 9.78 Å². The predicted octanol–water partition coefficient (Wildman–Crippen LogP) is 4.34. The molecule has 1 aromatic carbocycles. The molecule has 0 saturated carbocycles. The number of rotatable bonds is 3. The van der Waals surface area contributed by atoms with Gasteiger partial charge in [-0.15, -0.1) is 0 Å². The highest BCUT2D eigenvalue weighted by Gasteiger charge is 2.43. The monoisotopic (exact) mass is 482 g/mol. The van der Waals surface area contributed by atoms with Gasteiger partial charge in [-0.1, -0.05) is 48.0 Å². The summed E-state index contributed by atoms with van der Waals surface area (Å²) in [5.41, 5.74) is 1.21. The van der Waals surface area contributed by atoms with Crippen LogP contribution in [0.15, 0.2) is 60.3 Å². The summed E-state index contributed by atoms with van der Waals surface area (Å²) in [6.45, 7) is -0.0374. The number of carbonyl (C=O) groups excluding carboxylic acids is 1. The van der Waals surface area contributed by atoms with E-state index in [2.05, 4.69) is 4.98 Å². The van der Waals surface area contributed by atoms with Crippen LogP contribution in [-0.4, -0.2) is 34.7 Å². The summed E-state index contributed by atoms with van der Waals surface area (Å²) in [5, 5.41) is 0. The Kier molecular flexibility index (Phi) is 5.45. The highest BCUT2D eigenvalue weighted by Crippen LogP contribution is 2.41. The van der Waals surface area contributed by atoms with Gasteiger partial charge in [0, 0.05) is 31.0 Å². The van der Waals surface area contributed by atoms with Gasteiger partial charge in [0.15, 0.2) is 14.0 Å². The molecule has 0 fully saturated rings. The number of benzene rings is 1. The Bertz CT molecular complexity index is 1260. The van der Waals surface area contributed by atoms with Crippen molar-refractivity contribution in [1.82, 2.24) is 9.88 Å². The van der Waals surface area contributed by atoms with Gasteiger partial charge < -0.3 is 4.90 Å². The number of pyridine rings is 1. The number of allylic oxidation sites excluding steroid dienone is 2. The third-order valence-electron chi connectivity index (χ3n) is 5.58. The fourth-order valence-corrected chi connectivity index (χ4v) is 4.71. The van der Waals surface area contributed by atoms with Gasteiger partial charge in [0.2, 0.25) is 0 Å². The maximum atomic E-state index is 13.5. The van der Waals surface area contributed by atoms with Crippen molar-refractivity contribution in [3.63, 3.8) is 0 Å². The smallest absolute Gasteiger partial charge is 0.329 e. The van der Waals surface area contributed by atoms with Crippen LogP contribution < -0.4 is 0 Å². The van der Waals surface area contributed by atoms with Crippen LogP contribution in [-0.2, 0) is 33.9 Å². The molecule has 0 bridgehead atoms. The quantitative estimate of drug-likeness (QED) is 0.610. The highest BCUT2D eigenvalue weighted by atomic mass is 35.5. The maximum Gasteiger partial charge on any atom is 0.417 e. The lowest BCUT2D eigenvalue weighted by Gasteiger charge is -2.30. The molecule has 1 unspecified atom stereocenters. The lowest BCUT2D eigenvalue weighted by Crippen LogP contribution is -2.36. The van der Waals surface area contributed by atoms with Gasteiger partial charge in [0.1, 0.15) is 0 Å². The average molecular weight is 483 g/mol. The number of fused-ring (bicyclic) bond motifs is 1. The molecule has 0 saturated heterocycles. The van der Waals surface area contributed by atoms with E-state index in [9.17, 15) is 26.4 Å². The first-order chi connectivity index (χ1) is 14.9. The molecule has 32 heavy (non-hydrogen) atoms. The molecule has 5 nitrogen and oxygen atoms in total. The molecular weight excluding hydrogens is 465 g/mol. The van der Waals surface area contributed by atoms with E-state index in [-0.39, 0.29) is 25.1 Å². The van der Waals surface area contributed by atoms with Gasteiger partial charge in [-0.05, 0) is 28.8 Å². The van der Waals surface area contributed by atoms with Crippen molar-refractivity contribution in [3.8, 4) is 0 Å². The van der Waals surface area contributed by atoms with Crippen LogP contribution in [0.3, 0.4) is 0 Å². The fraction of sp³-hybridized carbons (Fsp3) is 0.273. The first-order valence-electron chi connectivity index (χ1n) is 9.60. The second-order valence-electron chi connectivity index (χ2n) is 7.82. The van der Waals surface area contributed by atoms with Crippen LogP contribution in [0.4, 0.5) is 13.2 Å². The first-order valence-corrected chi connectivity index (χ1v) is 11.9. The number of hydrogen-bond donors (Lipinski definition) is 0. The van der Waals surface area contributed by atoms with Crippen molar-refractivity contribution in [1.29, 1.82) is 0 Å². The van der Waals surface area contributed by atoms with Gasteiger partial charge in [-0.25, -0.2) is 8.42 Å². The summed E-state index contributed by atoms with van der Waals surface area (Å²) < 4.78 is 61.9. The molecule has 0 radical (unpaired) electrons. The van der Waals surface area contributed by atoms with E-state index in [1.807, 2.05) is 6.07 Å². The Morgan fingerprint density at radius 3 is 2.50 bits per heavy atom. The molecule has 4 rings (SSSR count). The largest absolute Gasteiger partial charge is 0.417 e. The molecule has 10 heteroatoms. The van der Waals surface area contributed by atoms with Gasteiger partial charge in [0.25, 0.3) is 5.91 Å². The van der Waals surface area contributed by atoms with Crippen LogP contribution in [0, 0.1) is 0 Å². The van der Waals surface area contributed by atoms with Crippen LogP contribution in [0.1, 0.15) is 28.8 Å². The average Bonchev–Trinajstić information content (AvgIpc) is 3.16. The standard InChI is InChI=1S/C22H18ClF3N2O3S/c1-32(30,31)21(23)8-7-17(14-5-3-2-4-6-14)18(10-21)20(29)28-12-15-9-16(22(24,25)26)11-27-19(15)13-28/h2-9,11H,10,12-13H2,1H3. The van der Waals surface area contributed by atoms with E-state index in [0.717, 1.165) is 18.5 Å². The fourth-order valence-electron chi connectivity index (χ4n) is 3.79. The minimum Gasteiger partial charge on any atom is -0.329 e. The molecule has 1 aliphatic heterocycles. The molecule has 1 amide bonds. The van der Waals surface area contributed by atoms with E-state index in [1.165, 1.54) is 17.1 Å². The third-order valence-corrected chi connectivity index (χ3v) is 8.19. The number of aromatic nitrogens is 1. The molecule has 1 aromatic heterocycles. The van der Waals surface area contributed by atoms with Crippen LogP contribution in [0.2, 0.25) is 0 Å². The van der Waals surface area contributed by atoms with E-state index in [4.69, 9.17) is 11.6 Å².